The van der Waals surface area contributed by atoms with Crippen molar-refractivity contribution in [3.05, 3.63) is 42.0 Å². The van der Waals surface area contributed by atoms with Gasteiger partial charge in [-0.2, -0.15) is 16.9 Å². The van der Waals surface area contributed by atoms with Gasteiger partial charge in [0.1, 0.15) is 12.7 Å². The van der Waals surface area contributed by atoms with E-state index in [1.807, 2.05) is 11.8 Å². The van der Waals surface area contributed by atoms with Crippen molar-refractivity contribution in [2.24, 2.45) is 0 Å². The zero-order valence-corrected chi connectivity index (χ0v) is 13.2. The number of aromatic nitrogens is 3. The highest BCUT2D eigenvalue weighted by Crippen LogP contribution is 2.15. The molecule has 1 aromatic heterocycles. The largest absolute Gasteiger partial charge is 0.302 e. The average molecular weight is 290 g/mol. The summed E-state index contributed by atoms with van der Waals surface area (Å²) in [5, 5.41) is 4.18. The molecular formula is C15H22N4S. The molecule has 2 rings (SSSR count). The molecule has 0 amide bonds. The monoisotopic (exact) mass is 290 g/mol. The second-order valence-corrected chi connectivity index (χ2v) is 6.03. The molecule has 0 unspecified atom stereocenters. The second kappa shape index (κ2) is 7.45. The lowest BCUT2D eigenvalue weighted by molar-refractivity contribution is 0.328. The maximum Gasteiger partial charge on any atom is 0.138 e. The quantitative estimate of drug-likeness (QED) is 0.734. The zero-order valence-electron chi connectivity index (χ0n) is 12.4. The number of hydrogen-bond donors (Lipinski definition) is 0. The first-order valence-electron chi connectivity index (χ1n) is 6.82. The summed E-state index contributed by atoms with van der Waals surface area (Å²) in [6, 6.07) is 6.53. The molecule has 5 heteroatoms. The summed E-state index contributed by atoms with van der Waals surface area (Å²) in [5.74, 6) is 1.23. The van der Waals surface area contributed by atoms with Gasteiger partial charge in [0.25, 0.3) is 0 Å². The minimum atomic E-state index is 0.993. The molecule has 0 aliphatic heterocycles. The SMILES string of the molecule is CSCCCN(C)Cc1ccc(-n2cncn2)c(C)c1. The minimum Gasteiger partial charge on any atom is -0.302 e. The third-order valence-electron chi connectivity index (χ3n) is 3.27. The Kier molecular flexibility index (Phi) is 5.61. The molecule has 1 aromatic carbocycles. The van der Waals surface area contributed by atoms with Crippen LogP contribution in [0.3, 0.4) is 0 Å². The van der Waals surface area contributed by atoms with Gasteiger partial charge in [-0.15, -0.1) is 0 Å². The van der Waals surface area contributed by atoms with Crippen LogP contribution in [0.25, 0.3) is 5.69 Å². The van der Waals surface area contributed by atoms with Crippen LogP contribution in [0.2, 0.25) is 0 Å². The van der Waals surface area contributed by atoms with E-state index < -0.39 is 0 Å². The fraction of sp³-hybridized carbons (Fsp3) is 0.467. The Hall–Kier alpha value is -1.33. The maximum atomic E-state index is 4.18. The zero-order chi connectivity index (χ0) is 14.4. The number of benzene rings is 1. The van der Waals surface area contributed by atoms with E-state index in [0.717, 1.165) is 18.8 Å². The van der Waals surface area contributed by atoms with Gasteiger partial charge in [0.15, 0.2) is 0 Å². The highest BCUT2D eigenvalue weighted by atomic mass is 32.2. The molecule has 0 N–H and O–H groups in total. The molecule has 0 radical (unpaired) electrons. The molecule has 0 fully saturated rings. The van der Waals surface area contributed by atoms with Gasteiger partial charge in [0, 0.05) is 6.54 Å². The van der Waals surface area contributed by atoms with E-state index in [0.29, 0.717) is 0 Å². The van der Waals surface area contributed by atoms with Gasteiger partial charge in [0.05, 0.1) is 5.69 Å². The first kappa shape index (κ1) is 15.1. The highest BCUT2D eigenvalue weighted by molar-refractivity contribution is 7.98. The lowest BCUT2D eigenvalue weighted by Crippen LogP contribution is -2.19. The standard InChI is InChI=1S/C15H22N4S/c1-13-9-14(10-18(2)7-4-8-20-3)5-6-15(13)19-12-16-11-17-19/h5-6,9,11-12H,4,7-8,10H2,1-3H3. The molecule has 0 aliphatic rings. The van der Waals surface area contributed by atoms with Crippen molar-refractivity contribution in [2.75, 3.05) is 25.6 Å². The Morgan fingerprint density at radius 3 is 2.85 bits per heavy atom. The van der Waals surface area contributed by atoms with Crippen molar-refractivity contribution in [1.29, 1.82) is 0 Å². The number of thioether (sulfide) groups is 1. The first-order valence-corrected chi connectivity index (χ1v) is 8.22. The van der Waals surface area contributed by atoms with Crippen LogP contribution in [-0.4, -0.2) is 45.3 Å². The normalized spacial score (nSPS) is 11.2. The second-order valence-electron chi connectivity index (χ2n) is 5.05. The Morgan fingerprint density at radius 2 is 2.20 bits per heavy atom. The molecule has 20 heavy (non-hydrogen) atoms. The van der Waals surface area contributed by atoms with Gasteiger partial charge in [-0.25, -0.2) is 9.67 Å². The molecule has 0 spiro atoms. The molecule has 4 nitrogen and oxygen atoms in total. The average Bonchev–Trinajstić information content (AvgIpc) is 2.93. The van der Waals surface area contributed by atoms with Gasteiger partial charge in [-0.1, -0.05) is 12.1 Å². The topological polar surface area (TPSA) is 34.0 Å². The highest BCUT2D eigenvalue weighted by Gasteiger charge is 2.05. The fourth-order valence-electron chi connectivity index (χ4n) is 2.28. The van der Waals surface area contributed by atoms with Crippen molar-refractivity contribution in [1.82, 2.24) is 19.7 Å². The predicted octanol–water partition coefficient (Wildman–Crippen LogP) is 2.76. The molecule has 0 atom stereocenters. The van der Waals surface area contributed by atoms with Crippen molar-refractivity contribution in [2.45, 2.75) is 19.9 Å². The molecule has 0 saturated heterocycles. The third-order valence-corrected chi connectivity index (χ3v) is 3.96. The van der Waals surface area contributed by atoms with E-state index in [-0.39, 0.29) is 0 Å². The summed E-state index contributed by atoms with van der Waals surface area (Å²) < 4.78 is 1.81. The summed E-state index contributed by atoms with van der Waals surface area (Å²) in [5.41, 5.74) is 3.67. The summed E-state index contributed by atoms with van der Waals surface area (Å²) >= 11 is 1.91. The number of rotatable bonds is 7. The first-order chi connectivity index (χ1) is 9.70. The Balaban J connectivity index is 1.99. The molecule has 2 aromatic rings. The summed E-state index contributed by atoms with van der Waals surface area (Å²) in [7, 11) is 2.18. The van der Waals surface area contributed by atoms with E-state index in [1.165, 1.54) is 23.3 Å². The van der Waals surface area contributed by atoms with Gasteiger partial charge in [-0.05, 0) is 56.1 Å². The Morgan fingerprint density at radius 1 is 1.35 bits per heavy atom. The minimum absolute atomic E-state index is 0.993. The van der Waals surface area contributed by atoms with Crippen LogP contribution in [0.1, 0.15) is 17.5 Å². The van der Waals surface area contributed by atoms with E-state index in [9.17, 15) is 0 Å². The fourth-order valence-corrected chi connectivity index (χ4v) is 2.69. The number of nitrogens with zero attached hydrogens (tertiary/aromatic N) is 4. The van der Waals surface area contributed by atoms with Crippen molar-refractivity contribution >= 4 is 11.8 Å². The summed E-state index contributed by atoms with van der Waals surface area (Å²) in [4.78, 5) is 6.37. The number of aryl methyl sites for hydroxylation is 1. The van der Waals surface area contributed by atoms with Crippen LogP contribution in [-0.2, 0) is 6.54 Å². The maximum absolute atomic E-state index is 4.18. The predicted molar refractivity (Wildman–Crippen MR) is 85.4 cm³/mol. The summed E-state index contributed by atoms with van der Waals surface area (Å²) in [6.45, 7) is 4.26. The van der Waals surface area contributed by atoms with Gasteiger partial charge >= 0.3 is 0 Å². The van der Waals surface area contributed by atoms with Gasteiger partial charge in [-0.3, -0.25) is 0 Å². The summed E-state index contributed by atoms with van der Waals surface area (Å²) in [6.07, 6.45) is 6.70. The van der Waals surface area contributed by atoms with Crippen molar-refractivity contribution < 1.29 is 0 Å². The number of hydrogen-bond acceptors (Lipinski definition) is 4. The smallest absolute Gasteiger partial charge is 0.138 e. The third kappa shape index (κ3) is 4.08. The van der Waals surface area contributed by atoms with E-state index in [2.05, 4.69) is 53.4 Å². The lowest BCUT2D eigenvalue weighted by atomic mass is 10.1. The van der Waals surface area contributed by atoms with Crippen LogP contribution < -0.4 is 0 Å². The van der Waals surface area contributed by atoms with Crippen molar-refractivity contribution in [3.63, 3.8) is 0 Å². The van der Waals surface area contributed by atoms with Crippen LogP contribution in [0.5, 0.6) is 0 Å². The van der Waals surface area contributed by atoms with Crippen LogP contribution >= 0.6 is 11.8 Å². The molecule has 1 heterocycles. The van der Waals surface area contributed by atoms with Gasteiger partial charge < -0.3 is 4.90 Å². The Labute approximate surface area is 125 Å². The lowest BCUT2D eigenvalue weighted by Gasteiger charge is -2.17. The van der Waals surface area contributed by atoms with E-state index in [4.69, 9.17) is 0 Å². The van der Waals surface area contributed by atoms with E-state index >= 15 is 0 Å². The van der Waals surface area contributed by atoms with Crippen LogP contribution in [0.4, 0.5) is 0 Å². The molecular weight excluding hydrogens is 268 g/mol. The van der Waals surface area contributed by atoms with Crippen LogP contribution in [0.15, 0.2) is 30.9 Å². The molecule has 0 bridgehead atoms. The van der Waals surface area contributed by atoms with Gasteiger partial charge in [0.2, 0.25) is 0 Å². The van der Waals surface area contributed by atoms with E-state index in [1.54, 1.807) is 17.3 Å². The molecule has 108 valence electrons. The van der Waals surface area contributed by atoms with Crippen LogP contribution in [0, 0.1) is 6.92 Å². The molecule has 0 aliphatic carbocycles. The van der Waals surface area contributed by atoms with Crippen molar-refractivity contribution in [3.8, 4) is 5.69 Å². The Bertz CT molecular complexity index is 525. The molecule has 0 saturated carbocycles.